The van der Waals surface area contributed by atoms with Gasteiger partial charge in [0.2, 0.25) is 35.4 Å². The number of hydrogen-bond acceptors (Lipinski definition) is 10. The molecule has 6 amide bonds. The topological polar surface area (TPSA) is 281 Å². The number of primary amides is 1. The maximum Gasteiger partial charge on any atom is 0.305 e. The third kappa shape index (κ3) is 14.2. The number of guanidine groups is 1. The maximum atomic E-state index is 13.1. The van der Waals surface area contributed by atoms with E-state index in [2.05, 4.69) is 51.5 Å². The van der Waals surface area contributed by atoms with E-state index in [4.69, 9.17) is 17.2 Å². The minimum absolute atomic E-state index is 0.0540. The van der Waals surface area contributed by atoms with Gasteiger partial charge in [0, 0.05) is 31.0 Å². The zero-order valence-electron chi connectivity index (χ0n) is 23.9. The second-order valence-corrected chi connectivity index (χ2v) is 11.3. The summed E-state index contributed by atoms with van der Waals surface area (Å²) in [4.78, 5) is 90.8. The van der Waals surface area contributed by atoms with E-state index in [0.717, 1.165) is 4.90 Å². The summed E-state index contributed by atoms with van der Waals surface area (Å²) < 4.78 is -1.11. The molecule has 0 bridgehead atoms. The van der Waals surface area contributed by atoms with Gasteiger partial charge in [-0.05, 0) is 26.7 Å². The lowest BCUT2D eigenvalue weighted by molar-refractivity contribution is -0.142. The average Bonchev–Trinajstić information content (AvgIpc) is 2.86. The highest BCUT2D eigenvalue weighted by Gasteiger charge is 2.35. The Kier molecular flexibility index (Phi) is 16.3. The van der Waals surface area contributed by atoms with Crippen LogP contribution in [0.25, 0.3) is 0 Å². The molecule has 19 heteroatoms. The number of carboxylic acids is 1. The molecule has 238 valence electrons. The second-order valence-electron chi connectivity index (χ2n) is 9.78. The number of amides is 6. The molecule has 0 aliphatic carbocycles. The third-order valence-electron chi connectivity index (χ3n) is 5.64. The van der Waals surface area contributed by atoms with Crippen LogP contribution in [0.4, 0.5) is 0 Å². The second kappa shape index (κ2) is 17.9. The molecule has 11 N–H and O–H groups in total. The van der Waals surface area contributed by atoms with Crippen molar-refractivity contribution in [1.29, 1.82) is 0 Å². The van der Waals surface area contributed by atoms with Gasteiger partial charge in [0.05, 0.1) is 13.0 Å². The number of rotatable bonds is 18. The van der Waals surface area contributed by atoms with Gasteiger partial charge in [-0.15, -0.1) is 0 Å². The lowest BCUT2D eigenvalue weighted by Gasteiger charge is -2.30. The highest BCUT2D eigenvalue weighted by atomic mass is 32.1. The smallest absolute Gasteiger partial charge is 0.305 e. The SMILES string of the molecule is CC(=O)N[C@@H](CS)C(=O)N(C)[C@H](CCCN=C(N)N)C(=O)NCC(=O)N[C@@H](CC(=O)O)C(=O)N[C@H](C(N)=O)C(C)(C)S. The quantitative estimate of drug-likeness (QED) is 0.0302. The Hall–Kier alpha value is -3.74. The molecule has 0 aliphatic rings. The third-order valence-corrected chi connectivity index (χ3v) is 6.26. The fourth-order valence-corrected chi connectivity index (χ4v) is 4.02. The molecule has 0 aliphatic heterocycles. The number of nitrogens with zero attached hydrogens (tertiary/aromatic N) is 2. The van der Waals surface area contributed by atoms with Crippen molar-refractivity contribution in [2.75, 3.05) is 25.9 Å². The first-order valence-corrected chi connectivity index (χ1v) is 13.7. The van der Waals surface area contributed by atoms with E-state index in [1.54, 1.807) is 0 Å². The molecule has 0 rings (SSSR count). The predicted molar refractivity (Wildman–Crippen MR) is 159 cm³/mol. The van der Waals surface area contributed by atoms with Gasteiger partial charge in [-0.2, -0.15) is 25.3 Å². The summed E-state index contributed by atoms with van der Waals surface area (Å²) in [5, 5.41) is 18.5. The standard InChI is InChI=1S/C23H41N9O8S2/c1-11(33)29-13(10-41)21(40)32(4)14(6-5-7-27-22(25)26)20(39)28-9-15(34)30-12(8-16(35)36)19(38)31-17(18(24)37)23(2,3)42/h12-14,17,41-42H,5-10H2,1-4H3,(H2,24,37)(H,28,39)(H,29,33)(H,30,34)(H,31,38)(H,35,36)(H4,25,26,27)/t12-,13-,14+,17+/m0/s1. The fraction of sp³-hybridized carbons (Fsp3) is 0.652. The number of carboxylic acid groups (broad SMARTS) is 1. The van der Waals surface area contributed by atoms with Crippen LogP contribution in [-0.4, -0.2) is 112 Å². The molecule has 0 spiro atoms. The first-order valence-electron chi connectivity index (χ1n) is 12.6. The van der Waals surface area contributed by atoms with Gasteiger partial charge in [-0.25, -0.2) is 0 Å². The molecule has 0 aromatic carbocycles. The van der Waals surface area contributed by atoms with E-state index in [-0.39, 0.29) is 31.1 Å². The number of aliphatic carboxylic acids is 1. The first kappa shape index (κ1) is 38.3. The summed E-state index contributed by atoms with van der Waals surface area (Å²) in [5.41, 5.74) is 15.9. The van der Waals surface area contributed by atoms with Gasteiger partial charge in [0.15, 0.2) is 5.96 Å². The van der Waals surface area contributed by atoms with Crippen LogP contribution in [0.1, 0.15) is 40.0 Å². The van der Waals surface area contributed by atoms with Crippen LogP contribution in [-0.2, 0) is 33.6 Å². The number of carbonyl (C=O) groups excluding carboxylic acids is 6. The molecular formula is C23H41N9O8S2. The lowest BCUT2D eigenvalue weighted by atomic mass is 10.0. The van der Waals surface area contributed by atoms with Crippen molar-refractivity contribution in [3.05, 3.63) is 0 Å². The zero-order valence-corrected chi connectivity index (χ0v) is 25.7. The molecule has 42 heavy (non-hydrogen) atoms. The van der Waals surface area contributed by atoms with E-state index in [1.165, 1.54) is 27.8 Å². The predicted octanol–water partition coefficient (Wildman–Crippen LogP) is -3.94. The number of likely N-dealkylation sites (N-methyl/N-ethyl adjacent to an activating group) is 1. The number of aliphatic imine (C=N–C) groups is 1. The molecule has 0 saturated carbocycles. The van der Waals surface area contributed by atoms with Gasteiger partial charge in [0.1, 0.15) is 24.2 Å². The first-order chi connectivity index (χ1) is 19.3. The van der Waals surface area contributed by atoms with Crippen LogP contribution in [0.2, 0.25) is 0 Å². The number of carbonyl (C=O) groups is 7. The molecule has 0 saturated heterocycles. The number of thiol groups is 2. The van der Waals surface area contributed by atoms with Crippen molar-refractivity contribution >= 4 is 72.6 Å². The molecule has 0 heterocycles. The Morgan fingerprint density at radius 2 is 1.57 bits per heavy atom. The summed E-state index contributed by atoms with van der Waals surface area (Å²) in [6, 6.07) is -5.10. The molecule has 17 nitrogen and oxygen atoms in total. The van der Waals surface area contributed by atoms with Crippen molar-refractivity contribution in [3.8, 4) is 0 Å². The number of hydrogen-bond donors (Lipinski definition) is 10. The van der Waals surface area contributed by atoms with E-state index in [0.29, 0.717) is 0 Å². The molecular weight excluding hydrogens is 594 g/mol. The van der Waals surface area contributed by atoms with Crippen LogP contribution in [0.5, 0.6) is 0 Å². The van der Waals surface area contributed by atoms with Gasteiger partial charge in [0.25, 0.3) is 0 Å². The van der Waals surface area contributed by atoms with Crippen molar-refractivity contribution < 1.29 is 38.7 Å². The summed E-state index contributed by atoms with van der Waals surface area (Å²) in [5.74, 6) is -6.41. The highest BCUT2D eigenvalue weighted by molar-refractivity contribution is 7.81. The van der Waals surface area contributed by atoms with E-state index in [9.17, 15) is 38.7 Å². The zero-order chi connectivity index (χ0) is 32.8. The van der Waals surface area contributed by atoms with Gasteiger partial charge in [-0.3, -0.25) is 38.6 Å². The summed E-state index contributed by atoms with van der Waals surface area (Å²) in [6.45, 7) is 3.64. The minimum atomic E-state index is -1.63. The normalized spacial score (nSPS) is 13.8. The number of nitrogens with two attached hydrogens (primary N) is 3. The Bertz CT molecular complexity index is 1050. The monoisotopic (exact) mass is 635 g/mol. The Balaban J connectivity index is 5.66. The summed E-state index contributed by atoms with van der Waals surface area (Å²) in [6.07, 6.45) is -0.526. The molecule has 0 radical (unpaired) electrons. The van der Waals surface area contributed by atoms with Crippen molar-refractivity contribution in [2.24, 2.45) is 22.2 Å². The van der Waals surface area contributed by atoms with Gasteiger partial charge in [-0.1, -0.05) is 0 Å². The fourth-order valence-electron chi connectivity index (χ4n) is 3.58. The molecule has 0 aromatic heterocycles. The molecule has 4 atom stereocenters. The van der Waals surface area contributed by atoms with E-state index >= 15 is 0 Å². The molecule has 0 unspecified atom stereocenters. The van der Waals surface area contributed by atoms with Crippen LogP contribution in [0.3, 0.4) is 0 Å². The van der Waals surface area contributed by atoms with Crippen molar-refractivity contribution in [1.82, 2.24) is 26.2 Å². The lowest BCUT2D eigenvalue weighted by Crippen LogP contribution is -2.59. The van der Waals surface area contributed by atoms with Crippen molar-refractivity contribution in [2.45, 2.75) is 68.9 Å². The number of nitrogens with one attached hydrogen (secondary N) is 4. The highest BCUT2D eigenvalue weighted by Crippen LogP contribution is 2.17. The van der Waals surface area contributed by atoms with Crippen molar-refractivity contribution in [3.63, 3.8) is 0 Å². The maximum absolute atomic E-state index is 13.1. The Morgan fingerprint density at radius 3 is 2.02 bits per heavy atom. The minimum Gasteiger partial charge on any atom is -0.481 e. The van der Waals surface area contributed by atoms with Crippen LogP contribution < -0.4 is 38.5 Å². The van der Waals surface area contributed by atoms with Crippen LogP contribution in [0, 0.1) is 0 Å². The Morgan fingerprint density at radius 1 is 0.976 bits per heavy atom. The van der Waals surface area contributed by atoms with E-state index < -0.39 is 83.3 Å². The summed E-state index contributed by atoms with van der Waals surface area (Å²) >= 11 is 8.29. The summed E-state index contributed by atoms with van der Waals surface area (Å²) in [7, 11) is 1.33. The van der Waals surface area contributed by atoms with Crippen LogP contribution in [0.15, 0.2) is 4.99 Å². The van der Waals surface area contributed by atoms with E-state index in [1.807, 2.05) is 0 Å². The van der Waals surface area contributed by atoms with Crippen LogP contribution >= 0.6 is 25.3 Å². The van der Waals surface area contributed by atoms with Gasteiger partial charge >= 0.3 is 5.97 Å². The largest absolute Gasteiger partial charge is 0.481 e. The Labute approximate surface area is 254 Å². The molecule has 0 aromatic rings. The molecule has 0 fully saturated rings. The average molecular weight is 636 g/mol. The van der Waals surface area contributed by atoms with Gasteiger partial charge < -0.3 is 48.5 Å².